The van der Waals surface area contributed by atoms with Gasteiger partial charge in [0.2, 0.25) is 0 Å². The van der Waals surface area contributed by atoms with Gasteiger partial charge in [-0.25, -0.2) is 4.98 Å². The van der Waals surface area contributed by atoms with Crippen LogP contribution in [0.4, 0.5) is 5.82 Å². The van der Waals surface area contributed by atoms with Gasteiger partial charge in [0.15, 0.2) is 5.52 Å². The molecule has 0 atom stereocenters. The lowest BCUT2D eigenvalue weighted by molar-refractivity contribution is 1.09. The van der Waals surface area contributed by atoms with E-state index in [-0.39, 0.29) is 5.56 Å². The van der Waals surface area contributed by atoms with Crippen molar-refractivity contribution in [3.63, 3.8) is 0 Å². The van der Waals surface area contributed by atoms with E-state index in [1.54, 1.807) is 6.07 Å². The number of nitrogens with zero attached hydrogens (tertiary/aromatic N) is 1. The van der Waals surface area contributed by atoms with Gasteiger partial charge in [-0.2, -0.15) is 0 Å². The number of H-pyrrole nitrogens is 2. The molecule has 0 aromatic carbocycles. The normalized spacial score (nSPS) is 9.57. The molecule has 0 amide bonds. The molecule has 0 unspecified atom stereocenters. The first-order valence-electron chi connectivity index (χ1n) is 4.50. The predicted octanol–water partition coefficient (Wildman–Crippen LogP) is 1.25. The second kappa shape index (κ2) is 4.45. The minimum absolute atomic E-state index is 0.263. The molecule has 0 spiro atoms. The summed E-state index contributed by atoms with van der Waals surface area (Å²) in [4.78, 5) is 20.1. The van der Waals surface area contributed by atoms with Crippen LogP contribution in [0.1, 0.15) is 20.3 Å². The van der Waals surface area contributed by atoms with Crippen molar-refractivity contribution in [2.75, 3.05) is 5.73 Å². The molecule has 4 N–H and O–H groups in total. The SMILES string of the molecule is CCC.Nc1cc2[nH]cnc2c(=O)[nH]1. The van der Waals surface area contributed by atoms with Crippen LogP contribution in [0, 0.1) is 0 Å². The monoisotopic (exact) mass is 194 g/mol. The maximum absolute atomic E-state index is 11.0. The van der Waals surface area contributed by atoms with Crippen molar-refractivity contribution in [3.8, 4) is 0 Å². The zero-order chi connectivity index (χ0) is 10.6. The zero-order valence-electron chi connectivity index (χ0n) is 8.29. The van der Waals surface area contributed by atoms with Crippen LogP contribution in [0.2, 0.25) is 0 Å². The summed E-state index contributed by atoms with van der Waals surface area (Å²) in [5.74, 6) is 0.340. The lowest BCUT2D eigenvalue weighted by Crippen LogP contribution is -2.08. The Balaban J connectivity index is 0.000000293. The molecule has 2 aromatic heterocycles. The van der Waals surface area contributed by atoms with Gasteiger partial charge in [-0.1, -0.05) is 20.3 Å². The first kappa shape index (κ1) is 10.3. The second-order valence-corrected chi connectivity index (χ2v) is 2.93. The number of fused-ring (bicyclic) bond motifs is 1. The summed E-state index contributed by atoms with van der Waals surface area (Å²) >= 11 is 0. The van der Waals surface area contributed by atoms with Crippen LogP contribution < -0.4 is 11.3 Å². The maximum Gasteiger partial charge on any atom is 0.277 e. The van der Waals surface area contributed by atoms with Crippen LogP contribution in [-0.4, -0.2) is 15.0 Å². The molecule has 0 saturated carbocycles. The van der Waals surface area contributed by atoms with Gasteiger partial charge < -0.3 is 15.7 Å². The number of imidazole rings is 1. The number of aromatic amines is 2. The van der Waals surface area contributed by atoms with E-state index < -0.39 is 0 Å². The van der Waals surface area contributed by atoms with Crippen LogP contribution in [0.3, 0.4) is 0 Å². The van der Waals surface area contributed by atoms with E-state index in [1.807, 2.05) is 0 Å². The molecule has 0 aliphatic rings. The number of rotatable bonds is 0. The van der Waals surface area contributed by atoms with Gasteiger partial charge >= 0.3 is 0 Å². The van der Waals surface area contributed by atoms with Crippen LogP contribution in [-0.2, 0) is 0 Å². The molecule has 0 fully saturated rings. The number of hydrogen-bond donors (Lipinski definition) is 3. The average Bonchev–Trinajstić information content (AvgIpc) is 2.53. The lowest BCUT2D eigenvalue weighted by atomic mass is 10.4. The van der Waals surface area contributed by atoms with Gasteiger partial charge in [0.05, 0.1) is 11.8 Å². The van der Waals surface area contributed by atoms with Gasteiger partial charge in [-0.3, -0.25) is 4.79 Å². The zero-order valence-corrected chi connectivity index (χ0v) is 8.29. The fourth-order valence-corrected chi connectivity index (χ4v) is 0.977. The van der Waals surface area contributed by atoms with E-state index in [9.17, 15) is 4.79 Å². The number of hydrogen-bond acceptors (Lipinski definition) is 3. The van der Waals surface area contributed by atoms with E-state index >= 15 is 0 Å². The number of nitrogens with one attached hydrogen (secondary N) is 2. The molecular formula is C9H14N4O. The Morgan fingerprint density at radius 1 is 1.50 bits per heavy atom. The summed E-state index contributed by atoms with van der Waals surface area (Å²) in [6, 6.07) is 1.63. The fourth-order valence-electron chi connectivity index (χ4n) is 0.977. The molecule has 5 nitrogen and oxygen atoms in total. The molecule has 0 bridgehead atoms. The molecule has 0 saturated heterocycles. The van der Waals surface area contributed by atoms with Crippen molar-refractivity contribution in [1.82, 2.24) is 15.0 Å². The highest BCUT2D eigenvalue weighted by atomic mass is 16.1. The summed E-state index contributed by atoms with van der Waals surface area (Å²) < 4.78 is 0. The highest BCUT2D eigenvalue weighted by Gasteiger charge is 2.00. The molecular weight excluding hydrogens is 180 g/mol. The fraction of sp³-hybridized carbons (Fsp3) is 0.333. The summed E-state index contributed by atoms with van der Waals surface area (Å²) in [6.45, 7) is 4.25. The lowest BCUT2D eigenvalue weighted by Gasteiger charge is -1.90. The number of aromatic nitrogens is 3. The highest BCUT2D eigenvalue weighted by molar-refractivity contribution is 5.75. The van der Waals surface area contributed by atoms with Crippen LogP contribution in [0.5, 0.6) is 0 Å². The van der Waals surface area contributed by atoms with E-state index in [4.69, 9.17) is 5.73 Å². The third kappa shape index (κ3) is 2.12. The van der Waals surface area contributed by atoms with Crippen molar-refractivity contribution in [2.45, 2.75) is 20.3 Å². The predicted molar refractivity (Wildman–Crippen MR) is 57.1 cm³/mol. The van der Waals surface area contributed by atoms with Crippen LogP contribution in [0.15, 0.2) is 17.2 Å². The molecule has 76 valence electrons. The topological polar surface area (TPSA) is 87.6 Å². The summed E-state index contributed by atoms with van der Waals surface area (Å²) in [5.41, 5.74) is 6.16. The van der Waals surface area contributed by atoms with E-state index in [0.717, 1.165) is 0 Å². The number of nitrogen functional groups attached to an aromatic ring is 1. The van der Waals surface area contributed by atoms with Gasteiger partial charge in [0, 0.05) is 6.07 Å². The van der Waals surface area contributed by atoms with Crippen molar-refractivity contribution in [2.24, 2.45) is 0 Å². The van der Waals surface area contributed by atoms with Crippen molar-refractivity contribution in [1.29, 1.82) is 0 Å². The van der Waals surface area contributed by atoms with Gasteiger partial charge in [0.25, 0.3) is 5.56 Å². The third-order valence-corrected chi connectivity index (χ3v) is 1.44. The second-order valence-electron chi connectivity index (χ2n) is 2.93. The summed E-state index contributed by atoms with van der Waals surface area (Å²) in [7, 11) is 0. The molecule has 5 heteroatoms. The Hall–Kier alpha value is -1.78. The Morgan fingerprint density at radius 2 is 2.14 bits per heavy atom. The van der Waals surface area contributed by atoms with Crippen LogP contribution in [0.25, 0.3) is 11.0 Å². The van der Waals surface area contributed by atoms with E-state index in [0.29, 0.717) is 16.9 Å². The average molecular weight is 194 g/mol. The minimum Gasteiger partial charge on any atom is -0.385 e. The van der Waals surface area contributed by atoms with Gasteiger partial charge in [-0.15, -0.1) is 0 Å². The highest BCUT2D eigenvalue weighted by Crippen LogP contribution is 2.04. The minimum atomic E-state index is -0.263. The van der Waals surface area contributed by atoms with E-state index in [2.05, 4.69) is 28.8 Å². The Kier molecular flexibility index (Phi) is 3.28. The number of pyridine rings is 1. The summed E-state index contributed by atoms with van der Waals surface area (Å²) in [5, 5.41) is 0. The molecule has 0 aliphatic carbocycles. The number of nitrogens with two attached hydrogens (primary N) is 1. The summed E-state index contributed by atoms with van der Waals surface area (Å²) in [6.07, 6.45) is 2.71. The Bertz CT molecular complexity index is 457. The number of anilines is 1. The molecule has 14 heavy (non-hydrogen) atoms. The molecule has 2 aromatic rings. The van der Waals surface area contributed by atoms with Crippen LogP contribution >= 0.6 is 0 Å². The van der Waals surface area contributed by atoms with Crippen molar-refractivity contribution < 1.29 is 0 Å². The smallest absolute Gasteiger partial charge is 0.277 e. The van der Waals surface area contributed by atoms with E-state index in [1.165, 1.54) is 12.7 Å². The van der Waals surface area contributed by atoms with Gasteiger partial charge in [0.1, 0.15) is 5.82 Å². The first-order chi connectivity index (χ1) is 6.69. The third-order valence-electron chi connectivity index (χ3n) is 1.44. The molecule has 0 aliphatic heterocycles. The van der Waals surface area contributed by atoms with Crippen molar-refractivity contribution in [3.05, 3.63) is 22.7 Å². The largest absolute Gasteiger partial charge is 0.385 e. The van der Waals surface area contributed by atoms with Gasteiger partial charge in [-0.05, 0) is 0 Å². The quantitative estimate of drug-likeness (QED) is 0.589. The standard InChI is InChI=1S/C6H6N4O.C3H8/c7-4-1-3-5(6(11)10-4)9-2-8-3;1-3-2/h1-2H,(H,8,9)(H3,7,10,11);3H2,1-2H3. The maximum atomic E-state index is 11.0. The molecule has 0 radical (unpaired) electrons. The molecule has 2 heterocycles. The molecule has 2 rings (SSSR count). The Labute approximate surface area is 81.4 Å². The van der Waals surface area contributed by atoms with Crippen molar-refractivity contribution >= 4 is 16.9 Å². The Morgan fingerprint density at radius 3 is 2.79 bits per heavy atom. The first-order valence-corrected chi connectivity index (χ1v) is 4.50.